The van der Waals surface area contributed by atoms with Gasteiger partial charge in [-0.05, 0) is 12.1 Å². The third kappa shape index (κ3) is 2.36. The number of rotatable bonds is 1. The molecule has 0 amide bonds. The van der Waals surface area contributed by atoms with Crippen LogP contribution in [0, 0.1) is 6.92 Å². The molecule has 3 nitrogen and oxygen atoms in total. The van der Waals surface area contributed by atoms with Gasteiger partial charge < -0.3 is 12.3 Å². The van der Waals surface area contributed by atoms with Gasteiger partial charge in [-0.3, -0.25) is 0 Å². The zero-order valence-electron chi connectivity index (χ0n) is 7.53. The molecule has 0 N–H and O–H groups in total. The van der Waals surface area contributed by atoms with Crippen LogP contribution in [-0.4, -0.2) is 29.3 Å². The van der Waals surface area contributed by atoms with Crippen LogP contribution in [0.5, 0.6) is 0 Å². The van der Waals surface area contributed by atoms with Gasteiger partial charge in [0.25, 0.3) is 20.0 Å². The van der Waals surface area contributed by atoms with Crippen molar-refractivity contribution < 1.29 is 12.3 Å². The highest BCUT2D eigenvalue weighted by molar-refractivity contribution is 6.71. The first-order valence-corrected chi connectivity index (χ1v) is 8.07. The maximum absolute atomic E-state index is 5.57. The van der Waals surface area contributed by atoms with E-state index in [9.17, 15) is 0 Å². The lowest BCUT2D eigenvalue weighted by molar-refractivity contribution is 0.334. The second-order valence-corrected chi connectivity index (χ2v) is 9.12. The average molecular weight is 228 g/mol. The van der Waals surface area contributed by atoms with Crippen molar-refractivity contribution in [1.29, 1.82) is 0 Å². The lowest BCUT2D eigenvalue weighted by Gasteiger charge is -2.22. The molecule has 0 unspecified atom stereocenters. The molecule has 0 radical (unpaired) electrons. The van der Waals surface area contributed by atoms with Gasteiger partial charge in [0.2, 0.25) is 0 Å². The van der Waals surface area contributed by atoms with E-state index in [0.29, 0.717) is 0 Å². The van der Waals surface area contributed by atoms with Gasteiger partial charge >= 0.3 is 9.28 Å². The second-order valence-electron chi connectivity index (χ2n) is 3.02. The Kier molecular flexibility index (Phi) is 3.09. The number of hydrogen-bond acceptors (Lipinski definition) is 3. The van der Waals surface area contributed by atoms with Crippen LogP contribution in [0.3, 0.4) is 0 Å². The Morgan fingerprint density at radius 3 is 2.31 bits per heavy atom. The van der Waals surface area contributed by atoms with Crippen molar-refractivity contribution >= 4 is 34.5 Å². The summed E-state index contributed by atoms with van der Waals surface area (Å²) < 4.78 is 16.4. The summed E-state index contributed by atoms with van der Waals surface area (Å²) >= 11 is 0. The van der Waals surface area contributed by atoms with E-state index in [1.165, 1.54) is 10.8 Å². The van der Waals surface area contributed by atoms with Gasteiger partial charge in [0, 0.05) is 0 Å². The van der Waals surface area contributed by atoms with Crippen LogP contribution in [0.15, 0.2) is 24.3 Å². The number of benzene rings is 1. The molecule has 1 aliphatic heterocycles. The minimum atomic E-state index is -1.51. The SMILES string of the molecule is Cc1ccc([SiH]2O[SiH2]O[SiH2]O2)cc1. The first-order chi connectivity index (χ1) is 6.36. The summed E-state index contributed by atoms with van der Waals surface area (Å²) in [6.07, 6.45) is 0. The Bertz CT molecular complexity index is 271. The third-order valence-corrected chi connectivity index (χ3v) is 7.73. The number of aryl methyl sites for hydroxylation is 1. The van der Waals surface area contributed by atoms with Gasteiger partial charge in [0.15, 0.2) is 0 Å². The fraction of sp³-hybridized carbons (Fsp3) is 0.143. The summed E-state index contributed by atoms with van der Waals surface area (Å²) in [5.41, 5.74) is 1.28. The molecule has 1 fully saturated rings. The van der Waals surface area contributed by atoms with Crippen LogP contribution < -0.4 is 5.19 Å². The molecule has 0 aliphatic carbocycles. The van der Waals surface area contributed by atoms with Crippen LogP contribution in [0.25, 0.3) is 0 Å². The summed E-state index contributed by atoms with van der Waals surface area (Å²) in [5, 5.41) is 1.24. The summed E-state index contributed by atoms with van der Waals surface area (Å²) in [6, 6.07) is 8.43. The lowest BCUT2D eigenvalue weighted by atomic mass is 10.2. The lowest BCUT2D eigenvalue weighted by Crippen LogP contribution is -2.44. The largest absolute Gasteiger partial charge is 0.425 e. The molecular weight excluding hydrogens is 216 g/mol. The maximum Gasteiger partial charge on any atom is 0.337 e. The van der Waals surface area contributed by atoms with Crippen molar-refractivity contribution in [2.45, 2.75) is 6.92 Å². The van der Waals surface area contributed by atoms with Gasteiger partial charge in [-0.25, -0.2) is 0 Å². The van der Waals surface area contributed by atoms with Crippen LogP contribution in [-0.2, 0) is 12.3 Å². The van der Waals surface area contributed by atoms with Gasteiger partial charge in [0.05, 0.1) is 0 Å². The molecule has 70 valence electrons. The van der Waals surface area contributed by atoms with Crippen LogP contribution >= 0.6 is 0 Å². The smallest absolute Gasteiger partial charge is 0.337 e. The van der Waals surface area contributed by atoms with E-state index in [4.69, 9.17) is 12.3 Å². The summed E-state index contributed by atoms with van der Waals surface area (Å²) in [4.78, 5) is 0. The monoisotopic (exact) mass is 228 g/mol. The third-order valence-electron chi connectivity index (χ3n) is 1.96. The predicted octanol–water partition coefficient (Wildman–Crippen LogP) is -1.52. The predicted molar refractivity (Wildman–Crippen MR) is 58.3 cm³/mol. The zero-order chi connectivity index (χ0) is 9.10. The summed E-state index contributed by atoms with van der Waals surface area (Å²) in [6.45, 7) is 2.08. The molecule has 6 heteroatoms. The maximum atomic E-state index is 5.57. The van der Waals surface area contributed by atoms with Gasteiger partial charge in [0.1, 0.15) is 0 Å². The highest BCUT2D eigenvalue weighted by Crippen LogP contribution is 1.99. The molecule has 0 saturated carbocycles. The highest BCUT2D eigenvalue weighted by Gasteiger charge is 2.19. The molecule has 1 aliphatic rings. The average Bonchev–Trinajstić information content (AvgIpc) is 2.20. The summed E-state index contributed by atoms with van der Waals surface area (Å²) in [5.74, 6) is 0. The Morgan fingerprint density at radius 1 is 1.08 bits per heavy atom. The van der Waals surface area contributed by atoms with E-state index >= 15 is 0 Å². The van der Waals surface area contributed by atoms with Crippen molar-refractivity contribution in [2.75, 3.05) is 0 Å². The molecule has 1 heterocycles. The minimum Gasteiger partial charge on any atom is -0.425 e. The topological polar surface area (TPSA) is 27.7 Å². The summed E-state index contributed by atoms with van der Waals surface area (Å²) in [7, 11) is -2.89. The molecule has 1 aromatic carbocycles. The van der Waals surface area contributed by atoms with Crippen molar-refractivity contribution in [3.63, 3.8) is 0 Å². The molecule has 1 saturated heterocycles. The van der Waals surface area contributed by atoms with E-state index in [0.717, 1.165) is 0 Å². The standard InChI is InChI=1S/C7H12O3Si3/c1-6-2-4-7(5-3-6)13-9-11-8-12-10-13/h2-5,13H,11-12H2,1H3. The first-order valence-electron chi connectivity index (χ1n) is 4.24. The van der Waals surface area contributed by atoms with Crippen molar-refractivity contribution in [3.8, 4) is 0 Å². The van der Waals surface area contributed by atoms with E-state index < -0.39 is 29.3 Å². The van der Waals surface area contributed by atoms with E-state index in [2.05, 4.69) is 31.2 Å². The Labute approximate surface area is 84.0 Å². The fourth-order valence-corrected chi connectivity index (χ4v) is 8.28. The molecule has 0 bridgehead atoms. The van der Waals surface area contributed by atoms with Gasteiger partial charge in [-0.15, -0.1) is 0 Å². The quantitative estimate of drug-likeness (QED) is 0.547. The van der Waals surface area contributed by atoms with Crippen molar-refractivity contribution in [3.05, 3.63) is 29.8 Å². The Morgan fingerprint density at radius 2 is 1.69 bits per heavy atom. The molecular formula is C7H12O3Si3. The van der Waals surface area contributed by atoms with Gasteiger partial charge in [-0.1, -0.05) is 29.8 Å². The van der Waals surface area contributed by atoms with Crippen LogP contribution in [0.2, 0.25) is 0 Å². The van der Waals surface area contributed by atoms with E-state index in [1.807, 2.05) is 0 Å². The normalized spacial score (nSPS) is 26.7. The van der Waals surface area contributed by atoms with Crippen molar-refractivity contribution in [2.24, 2.45) is 0 Å². The van der Waals surface area contributed by atoms with Crippen LogP contribution in [0.1, 0.15) is 5.56 Å². The fourth-order valence-electron chi connectivity index (χ4n) is 1.22. The minimum absolute atomic E-state index is 0.694. The second kappa shape index (κ2) is 4.31. The molecule has 13 heavy (non-hydrogen) atoms. The first kappa shape index (κ1) is 9.31. The highest BCUT2D eigenvalue weighted by atomic mass is 28.4. The van der Waals surface area contributed by atoms with Gasteiger partial charge in [-0.2, -0.15) is 0 Å². The number of hydrogen-bond donors (Lipinski definition) is 0. The Balaban J connectivity index is 2.10. The molecule has 0 atom stereocenters. The van der Waals surface area contributed by atoms with Crippen molar-refractivity contribution in [1.82, 2.24) is 0 Å². The zero-order valence-corrected chi connectivity index (χ0v) is 11.5. The van der Waals surface area contributed by atoms with Crippen LogP contribution in [0.4, 0.5) is 0 Å². The van der Waals surface area contributed by atoms with E-state index in [1.54, 1.807) is 0 Å². The molecule has 0 aromatic heterocycles. The molecule has 1 aromatic rings. The Hall–Kier alpha value is -0.249. The van der Waals surface area contributed by atoms with E-state index in [-0.39, 0.29) is 0 Å². The molecule has 0 spiro atoms. The molecule has 2 rings (SSSR count).